The first-order valence-corrected chi connectivity index (χ1v) is 8.55. The lowest BCUT2D eigenvalue weighted by Crippen LogP contribution is -2.27. The second-order valence-corrected chi connectivity index (χ2v) is 6.27. The highest BCUT2D eigenvalue weighted by atomic mass is 19.1. The van der Waals surface area contributed by atoms with E-state index in [2.05, 4.69) is 0 Å². The largest absolute Gasteiger partial charge is 0.486 e. The second kappa shape index (κ2) is 8.16. The van der Waals surface area contributed by atoms with Gasteiger partial charge < -0.3 is 14.4 Å². The van der Waals surface area contributed by atoms with Gasteiger partial charge in [-0.2, -0.15) is 0 Å². The van der Waals surface area contributed by atoms with Gasteiger partial charge in [0.15, 0.2) is 17.3 Å². The van der Waals surface area contributed by atoms with Crippen molar-refractivity contribution in [3.8, 4) is 11.5 Å². The minimum atomic E-state index is -0.706. The first-order chi connectivity index (χ1) is 12.9. The third-order valence-corrected chi connectivity index (χ3v) is 4.28. The maximum absolute atomic E-state index is 13.7. The van der Waals surface area contributed by atoms with E-state index in [1.54, 1.807) is 18.2 Å². The number of nitrogens with zero attached hydrogens (tertiary/aromatic N) is 1. The first kappa shape index (κ1) is 18.8. The van der Waals surface area contributed by atoms with Crippen LogP contribution < -0.4 is 9.47 Å². The zero-order chi connectivity index (χ0) is 19.4. The van der Waals surface area contributed by atoms with Crippen LogP contribution in [0.2, 0.25) is 0 Å². The van der Waals surface area contributed by atoms with Crippen LogP contribution in [-0.2, 0) is 11.3 Å². The van der Waals surface area contributed by atoms with E-state index in [4.69, 9.17) is 9.47 Å². The molecule has 2 aromatic carbocycles. The summed E-state index contributed by atoms with van der Waals surface area (Å²) in [4.78, 5) is 25.9. The quantitative estimate of drug-likeness (QED) is 0.727. The molecule has 2 aromatic rings. The smallest absolute Gasteiger partial charge is 0.223 e. The number of ether oxygens (including phenoxy) is 2. The Balaban J connectivity index is 1.55. The van der Waals surface area contributed by atoms with Crippen molar-refractivity contribution in [3.05, 3.63) is 59.2 Å². The zero-order valence-electron chi connectivity index (χ0n) is 14.8. The molecule has 27 heavy (non-hydrogen) atoms. The average Bonchev–Trinajstić information content (AvgIpc) is 2.67. The van der Waals surface area contributed by atoms with Crippen LogP contribution in [0.1, 0.15) is 28.8 Å². The van der Waals surface area contributed by atoms with Gasteiger partial charge in [0.05, 0.1) is 0 Å². The fraction of sp³-hybridized carbons (Fsp3) is 0.300. The second-order valence-electron chi connectivity index (χ2n) is 6.27. The van der Waals surface area contributed by atoms with E-state index >= 15 is 0 Å². The molecule has 0 spiro atoms. The standard InChI is InChI=1S/C20H19F2NO4/c1-23(12-14-2-4-15(21)11-16(14)22)20(25)7-5-17(24)13-3-6-18-19(10-13)27-9-8-26-18/h2-4,6,10-11H,5,7-9,12H2,1H3. The lowest BCUT2D eigenvalue weighted by Gasteiger charge is -2.19. The van der Waals surface area contributed by atoms with E-state index < -0.39 is 11.6 Å². The van der Waals surface area contributed by atoms with Crippen LogP contribution in [0.25, 0.3) is 0 Å². The summed E-state index contributed by atoms with van der Waals surface area (Å²) >= 11 is 0. The number of ketones is 1. The van der Waals surface area contributed by atoms with Gasteiger partial charge >= 0.3 is 0 Å². The van der Waals surface area contributed by atoms with E-state index in [-0.39, 0.29) is 36.6 Å². The van der Waals surface area contributed by atoms with Crippen LogP contribution >= 0.6 is 0 Å². The number of fused-ring (bicyclic) bond motifs is 1. The van der Waals surface area contributed by atoms with Crippen molar-refractivity contribution >= 4 is 11.7 Å². The Labute approximate surface area is 155 Å². The molecule has 5 nitrogen and oxygen atoms in total. The molecular weight excluding hydrogens is 356 g/mol. The molecule has 0 aliphatic carbocycles. The molecule has 0 atom stereocenters. The van der Waals surface area contributed by atoms with Crippen molar-refractivity contribution in [2.45, 2.75) is 19.4 Å². The van der Waals surface area contributed by atoms with Crippen molar-refractivity contribution in [2.24, 2.45) is 0 Å². The monoisotopic (exact) mass is 375 g/mol. The maximum Gasteiger partial charge on any atom is 0.223 e. The van der Waals surface area contributed by atoms with Crippen LogP contribution in [-0.4, -0.2) is 36.9 Å². The lowest BCUT2D eigenvalue weighted by atomic mass is 10.1. The highest BCUT2D eigenvalue weighted by Crippen LogP contribution is 2.31. The van der Waals surface area contributed by atoms with Gasteiger partial charge in [-0.3, -0.25) is 9.59 Å². The number of carbonyl (C=O) groups is 2. The topological polar surface area (TPSA) is 55.8 Å². The van der Waals surface area contributed by atoms with E-state index in [0.717, 1.165) is 12.1 Å². The molecule has 3 rings (SSSR count). The molecule has 1 aliphatic rings. The van der Waals surface area contributed by atoms with Crippen molar-refractivity contribution in [1.82, 2.24) is 4.90 Å². The van der Waals surface area contributed by atoms with Crippen molar-refractivity contribution in [1.29, 1.82) is 0 Å². The third-order valence-electron chi connectivity index (χ3n) is 4.28. The summed E-state index contributed by atoms with van der Waals surface area (Å²) in [7, 11) is 1.51. The molecule has 0 saturated carbocycles. The van der Waals surface area contributed by atoms with Crippen LogP contribution in [0.3, 0.4) is 0 Å². The molecule has 0 bridgehead atoms. The Morgan fingerprint density at radius 1 is 1.00 bits per heavy atom. The van der Waals surface area contributed by atoms with Gasteiger partial charge in [-0.15, -0.1) is 0 Å². The summed E-state index contributed by atoms with van der Waals surface area (Å²) in [5, 5.41) is 0. The molecule has 0 fully saturated rings. The Hall–Kier alpha value is -2.96. The number of benzene rings is 2. The minimum Gasteiger partial charge on any atom is -0.486 e. The fourth-order valence-corrected chi connectivity index (χ4v) is 2.77. The summed E-state index contributed by atoms with van der Waals surface area (Å²) in [5.41, 5.74) is 0.657. The third kappa shape index (κ3) is 4.61. The van der Waals surface area contributed by atoms with Crippen molar-refractivity contribution in [2.75, 3.05) is 20.3 Å². The molecule has 0 radical (unpaired) electrons. The van der Waals surface area contributed by atoms with Gasteiger partial charge in [0, 0.05) is 43.6 Å². The highest BCUT2D eigenvalue weighted by Gasteiger charge is 2.17. The van der Waals surface area contributed by atoms with Crippen LogP contribution in [0.4, 0.5) is 8.78 Å². The van der Waals surface area contributed by atoms with E-state index in [0.29, 0.717) is 30.3 Å². The fourth-order valence-electron chi connectivity index (χ4n) is 2.77. The van der Waals surface area contributed by atoms with Gasteiger partial charge in [0.1, 0.15) is 24.8 Å². The zero-order valence-corrected chi connectivity index (χ0v) is 14.8. The van der Waals surface area contributed by atoms with Crippen LogP contribution in [0.15, 0.2) is 36.4 Å². The number of amides is 1. The normalized spacial score (nSPS) is 12.6. The Bertz CT molecular complexity index is 869. The van der Waals surface area contributed by atoms with Gasteiger partial charge in [-0.05, 0) is 24.3 Å². The van der Waals surface area contributed by atoms with E-state index in [1.165, 1.54) is 18.0 Å². The Morgan fingerprint density at radius 3 is 2.48 bits per heavy atom. The van der Waals surface area contributed by atoms with Gasteiger partial charge in [0.2, 0.25) is 5.91 Å². The van der Waals surface area contributed by atoms with Crippen molar-refractivity contribution in [3.63, 3.8) is 0 Å². The Morgan fingerprint density at radius 2 is 1.74 bits per heavy atom. The van der Waals surface area contributed by atoms with E-state index in [9.17, 15) is 18.4 Å². The van der Waals surface area contributed by atoms with Crippen molar-refractivity contribution < 1.29 is 27.8 Å². The summed E-state index contributed by atoms with van der Waals surface area (Å²) < 4.78 is 37.5. The molecule has 0 saturated heterocycles. The predicted octanol–water partition coefficient (Wildman–Crippen LogP) is 3.36. The molecule has 0 aromatic heterocycles. The first-order valence-electron chi connectivity index (χ1n) is 8.55. The number of halogens is 2. The van der Waals surface area contributed by atoms with Gasteiger partial charge in [-0.25, -0.2) is 8.78 Å². The molecular formula is C20H19F2NO4. The molecule has 1 amide bonds. The number of carbonyl (C=O) groups excluding carboxylic acids is 2. The predicted molar refractivity (Wildman–Crippen MR) is 93.8 cm³/mol. The maximum atomic E-state index is 13.7. The van der Waals surface area contributed by atoms with Crippen LogP contribution in [0, 0.1) is 11.6 Å². The molecule has 142 valence electrons. The number of hydrogen-bond donors (Lipinski definition) is 0. The van der Waals surface area contributed by atoms with E-state index in [1.807, 2.05) is 0 Å². The molecule has 0 unspecified atom stereocenters. The van der Waals surface area contributed by atoms with Crippen LogP contribution in [0.5, 0.6) is 11.5 Å². The summed E-state index contributed by atoms with van der Waals surface area (Å²) in [6, 6.07) is 8.14. The lowest BCUT2D eigenvalue weighted by molar-refractivity contribution is -0.130. The summed E-state index contributed by atoms with van der Waals surface area (Å²) in [6.07, 6.45) is 0.0152. The SMILES string of the molecule is CN(Cc1ccc(F)cc1F)C(=O)CCC(=O)c1ccc2c(c1)OCCO2. The average molecular weight is 375 g/mol. The minimum absolute atomic E-state index is 0.00314. The molecule has 0 N–H and O–H groups in total. The van der Waals surface area contributed by atoms with Gasteiger partial charge in [-0.1, -0.05) is 6.07 Å². The number of hydrogen-bond acceptors (Lipinski definition) is 4. The summed E-state index contributed by atoms with van der Waals surface area (Å²) in [6.45, 7) is 0.896. The molecule has 7 heteroatoms. The Kier molecular flexibility index (Phi) is 5.69. The number of rotatable bonds is 6. The van der Waals surface area contributed by atoms with Gasteiger partial charge in [0.25, 0.3) is 0 Å². The molecule has 1 aliphatic heterocycles. The number of Topliss-reactive ketones (excluding diaryl/α,β-unsaturated/α-hetero) is 1. The summed E-state index contributed by atoms with van der Waals surface area (Å²) in [5.74, 6) is -0.763. The highest BCUT2D eigenvalue weighted by molar-refractivity contribution is 5.98. The molecule has 1 heterocycles.